The Morgan fingerprint density at radius 1 is 1.12 bits per heavy atom. The number of aryl methyl sites for hydroxylation is 2. The van der Waals surface area contributed by atoms with E-state index in [2.05, 4.69) is 15.6 Å². The molecule has 9 heteroatoms. The van der Waals surface area contributed by atoms with E-state index in [1.165, 1.54) is 4.90 Å². The van der Waals surface area contributed by atoms with Crippen molar-refractivity contribution < 1.29 is 19.1 Å². The van der Waals surface area contributed by atoms with Crippen LogP contribution in [0.5, 0.6) is 5.75 Å². The third kappa shape index (κ3) is 6.48. The van der Waals surface area contributed by atoms with Crippen molar-refractivity contribution in [2.24, 2.45) is 4.99 Å². The van der Waals surface area contributed by atoms with Crippen LogP contribution in [-0.4, -0.2) is 41.9 Å². The number of methoxy groups -OCH3 is 1. The molecule has 0 atom stereocenters. The first kappa shape index (κ1) is 25.0. The van der Waals surface area contributed by atoms with E-state index in [-0.39, 0.29) is 23.4 Å². The van der Waals surface area contributed by atoms with Crippen LogP contribution in [0.4, 0.5) is 10.5 Å². The predicted molar refractivity (Wildman–Crippen MR) is 136 cm³/mol. The van der Waals surface area contributed by atoms with Gasteiger partial charge in [-0.2, -0.15) is 0 Å². The Bertz CT molecular complexity index is 1140. The van der Waals surface area contributed by atoms with E-state index in [9.17, 15) is 14.4 Å². The zero-order valence-electron chi connectivity index (χ0n) is 19.8. The van der Waals surface area contributed by atoms with Crippen LogP contribution in [-0.2, 0) is 9.59 Å². The Morgan fingerprint density at radius 3 is 2.35 bits per heavy atom. The maximum atomic E-state index is 13.4. The second-order valence-corrected chi connectivity index (χ2v) is 9.09. The molecule has 0 aliphatic carbocycles. The van der Waals surface area contributed by atoms with Crippen LogP contribution in [0.3, 0.4) is 0 Å². The second-order valence-electron chi connectivity index (χ2n) is 8.15. The number of carbonyl (C=O) groups excluding carboxylic acids is 3. The molecule has 0 saturated carbocycles. The number of amides is 4. The van der Waals surface area contributed by atoms with Gasteiger partial charge >= 0.3 is 6.03 Å². The van der Waals surface area contributed by atoms with Gasteiger partial charge in [0.1, 0.15) is 11.4 Å². The van der Waals surface area contributed by atoms with Gasteiger partial charge in [-0.3, -0.25) is 19.8 Å². The van der Waals surface area contributed by atoms with Crippen LogP contribution in [0.2, 0.25) is 0 Å². The highest BCUT2D eigenvalue weighted by Crippen LogP contribution is 2.31. The summed E-state index contributed by atoms with van der Waals surface area (Å²) in [6.45, 7) is 7.51. The summed E-state index contributed by atoms with van der Waals surface area (Å²) >= 11 is 1.09. The highest BCUT2D eigenvalue weighted by molar-refractivity contribution is 8.14. The number of rotatable bonds is 6. The Morgan fingerprint density at radius 2 is 1.76 bits per heavy atom. The number of hydrogen-bond acceptors (Lipinski definition) is 6. The lowest BCUT2D eigenvalue weighted by Crippen LogP contribution is -2.43. The summed E-state index contributed by atoms with van der Waals surface area (Å²) in [6, 6.07) is 12.4. The van der Waals surface area contributed by atoms with Gasteiger partial charge in [-0.15, -0.1) is 0 Å². The standard InChI is InChI=1S/C25H28N4O4S/c1-15(2)26-24(32)28-22(30)14-34-25-27-21(13-18-6-8-20(33-5)9-7-18)23(31)29(25)19-11-16(3)10-17(4)12-19/h6-13,15H,14H2,1-5H3,(H2,26,28,30,32)/b21-13-. The van der Waals surface area contributed by atoms with Crippen LogP contribution in [0, 0.1) is 13.8 Å². The molecule has 0 radical (unpaired) electrons. The summed E-state index contributed by atoms with van der Waals surface area (Å²) in [5.74, 6) is -0.133. The summed E-state index contributed by atoms with van der Waals surface area (Å²) in [6.07, 6.45) is 1.70. The minimum absolute atomic E-state index is 0.0747. The van der Waals surface area contributed by atoms with Gasteiger partial charge in [-0.05, 0) is 74.7 Å². The number of imide groups is 1. The lowest BCUT2D eigenvalue weighted by molar-refractivity contribution is -0.117. The van der Waals surface area contributed by atoms with Gasteiger partial charge in [0.25, 0.3) is 5.91 Å². The topological polar surface area (TPSA) is 100 Å². The fourth-order valence-electron chi connectivity index (χ4n) is 3.35. The van der Waals surface area contributed by atoms with E-state index in [1.54, 1.807) is 39.2 Å². The number of carbonyl (C=O) groups is 3. The number of nitrogens with zero attached hydrogens (tertiary/aromatic N) is 2. The van der Waals surface area contributed by atoms with Gasteiger partial charge in [-0.25, -0.2) is 9.79 Å². The lowest BCUT2D eigenvalue weighted by Gasteiger charge is -2.19. The Kier molecular flexibility index (Phi) is 8.12. The predicted octanol–water partition coefficient (Wildman–Crippen LogP) is 4.02. The molecule has 0 bridgehead atoms. The first-order valence-corrected chi connectivity index (χ1v) is 11.7. The molecule has 0 fully saturated rings. The van der Waals surface area contributed by atoms with Crippen molar-refractivity contribution in [3.05, 3.63) is 64.9 Å². The summed E-state index contributed by atoms with van der Waals surface area (Å²) in [7, 11) is 1.59. The maximum absolute atomic E-state index is 13.4. The van der Waals surface area contributed by atoms with Crippen molar-refractivity contribution in [3.63, 3.8) is 0 Å². The first-order chi connectivity index (χ1) is 16.2. The van der Waals surface area contributed by atoms with Crippen LogP contribution >= 0.6 is 11.8 Å². The van der Waals surface area contributed by atoms with Crippen LogP contribution in [0.25, 0.3) is 6.08 Å². The van der Waals surface area contributed by atoms with Crippen molar-refractivity contribution in [1.82, 2.24) is 10.6 Å². The lowest BCUT2D eigenvalue weighted by atomic mass is 10.1. The van der Waals surface area contributed by atoms with Crippen LogP contribution < -0.4 is 20.3 Å². The quantitative estimate of drug-likeness (QED) is 0.608. The van der Waals surface area contributed by atoms with E-state index in [1.807, 2.05) is 44.2 Å². The van der Waals surface area contributed by atoms with E-state index in [0.717, 1.165) is 28.5 Å². The Hall–Kier alpha value is -3.59. The minimum Gasteiger partial charge on any atom is -0.497 e. The third-order valence-corrected chi connectivity index (χ3v) is 5.66. The Balaban J connectivity index is 1.86. The zero-order valence-corrected chi connectivity index (χ0v) is 20.7. The molecule has 0 spiro atoms. The number of anilines is 1. The second kappa shape index (κ2) is 11.0. The molecule has 2 aromatic carbocycles. The largest absolute Gasteiger partial charge is 0.497 e. The van der Waals surface area contributed by atoms with Crippen LogP contribution in [0.1, 0.15) is 30.5 Å². The summed E-state index contributed by atoms with van der Waals surface area (Å²) < 4.78 is 5.18. The monoisotopic (exact) mass is 480 g/mol. The highest BCUT2D eigenvalue weighted by Gasteiger charge is 2.32. The number of hydrogen-bond donors (Lipinski definition) is 2. The molecule has 0 aromatic heterocycles. The number of benzene rings is 2. The smallest absolute Gasteiger partial charge is 0.321 e. The van der Waals surface area contributed by atoms with Crippen molar-refractivity contribution >= 4 is 46.5 Å². The summed E-state index contributed by atoms with van der Waals surface area (Å²) in [5.41, 5.74) is 3.72. The first-order valence-electron chi connectivity index (χ1n) is 10.8. The highest BCUT2D eigenvalue weighted by atomic mass is 32.2. The fourth-order valence-corrected chi connectivity index (χ4v) is 4.16. The van der Waals surface area contributed by atoms with E-state index < -0.39 is 11.9 Å². The molecule has 0 unspecified atom stereocenters. The molecule has 8 nitrogen and oxygen atoms in total. The van der Waals surface area contributed by atoms with Gasteiger partial charge in [0, 0.05) is 6.04 Å². The van der Waals surface area contributed by atoms with Crippen LogP contribution in [0.15, 0.2) is 53.2 Å². The van der Waals surface area contributed by atoms with Gasteiger partial charge in [0.2, 0.25) is 5.91 Å². The summed E-state index contributed by atoms with van der Waals surface area (Å²) in [5, 5.41) is 5.26. The van der Waals surface area contributed by atoms with Crippen molar-refractivity contribution in [3.8, 4) is 5.75 Å². The average Bonchev–Trinajstić information content (AvgIpc) is 3.06. The fraction of sp³-hybridized carbons (Fsp3) is 0.280. The van der Waals surface area contributed by atoms with Gasteiger partial charge < -0.3 is 10.1 Å². The SMILES string of the molecule is COc1ccc(/C=C2\N=C(SCC(=O)NC(=O)NC(C)C)N(c3cc(C)cc(C)c3)C2=O)cc1. The van der Waals surface area contributed by atoms with E-state index in [0.29, 0.717) is 16.6 Å². The molecule has 2 aromatic rings. The molecule has 1 aliphatic rings. The molecule has 1 aliphatic heterocycles. The van der Waals surface area contributed by atoms with E-state index in [4.69, 9.17) is 4.74 Å². The van der Waals surface area contributed by atoms with Crippen molar-refractivity contribution in [2.45, 2.75) is 33.7 Å². The van der Waals surface area contributed by atoms with Crippen molar-refractivity contribution in [2.75, 3.05) is 17.8 Å². The number of aliphatic imine (C=N–C) groups is 1. The number of amidine groups is 1. The minimum atomic E-state index is -0.559. The number of urea groups is 1. The number of ether oxygens (including phenoxy) is 1. The van der Waals surface area contributed by atoms with Gasteiger partial charge in [0.05, 0.1) is 18.6 Å². The molecule has 2 N–H and O–H groups in total. The molecule has 178 valence electrons. The maximum Gasteiger partial charge on any atom is 0.321 e. The molecule has 34 heavy (non-hydrogen) atoms. The number of thioether (sulfide) groups is 1. The average molecular weight is 481 g/mol. The molecular formula is C25H28N4O4S. The molecule has 1 heterocycles. The normalized spacial score (nSPS) is 14.4. The molecule has 4 amide bonds. The molecular weight excluding hydrogens is 452 g/mol. The van der Waals surface area contributed by atoms with E-state index >= 15 is 0 Å². The summed E-state index contributed by atoms with van der Waals surface area (Å²) in [4.78, 5) is 43.5. The third-order valence-electron chi connectivity index (χ3n) is 4.72. The van der Waals surface area contributed by atoms with Gasteiger partial charge in [0.15, 0.2) is 5.17 Å². The Labute approximate surface area is 203 Å². The number of nitrogens with one attached hydrogen (secondary N) is 2. The zero-order chi connectivity index (χ0) is 24.8. The van der Waals surface area contributed by atoms with Gasteiger partial charge in [-0.1, -0.05) is 30.0 Å². The molecule has 0 saturated heterocycles. The molecule has 3 rings (SSSR count). The van der Waals surface area contributed by atoms with Crippen molar-refractivity contribution in [1.29, 1.82) is 0 Å².